The fourth-order valence-corrected chi connectivity index (χ4v) is 1.53. The van der Waals surface area contributed by atoms with E-state index in [1.807, 2.05) is 0 Å². The number of allylic oxidation sites excluding steroid dienone is 2. The van der Waals surface area contributed by atoms with E-state index in [2.05, 4.69) is 57.2 Å². The van der Waals surface area contributed by atoms with Gasteiger partial charge in [-0.05, 0) is 30.4 Å². The predicted molar refractivity (Wildman–Crippen MR) is 59.0 cm³/mol. The molecule has 0 aliphatic rings. The van der Waals surface area contributed by atoms with Gasteiger partial charge in [-0.1, -0.05) is 50.3 Å². The Balaban J connectivity index is 2.91. The fraction of sp³-hybridized carbons (Fsp3) is 0.385. The summed E-state index contributed by atoms with van der Waals surface area (Å²) in [6.45, 7) is 6.56. The van der Waals surface area contributed by atoms with E-state index in [0.717, 1.165) is 6.42 Å². The van der Waals surface area contributed by atoms with Crippen LogP contribution in [0.15, 0.2) is 36.4 Å². The third-order valence-electron chi connectivity index (χ3n) is 2.25. The average Bonchev–Trinajstić information content (AvgIpc) is 2.15. The zero-order valence-electron chi connectivity index (χ0n) is 8.75. The van der Waals surface area contributed by atoms with Crippen LogP contribution in [-0.4, -0.2) is 0 Å². The van der Waals surface area contributed by atoms with E-state index in [9.17, 15) is 0 Å². The third-order valence-corrected chi connectivity index (χ3v) is 2.25. The van der Waals surface area contributed by atoms with Crippen molar-refractivity contribution in [3.05, 3.63) is 47.5 Å². The van der Waals surface area contributed by atoms with Crippen molar-refractivity contribution in [3.8, 4) is 0 Å². The van der Waals surface area contributed by atoms with Gasteiger partial charge in [0, 0.05) is 0 Å². The lowest BCUT2D eigenvalue weighted by Crippen LogP contribution is -1.94. The minimum absolute atomic E-state index is 0.626. The van der Waals surface area contributed by atoms with Crippen LogP contribution < -0.4 is 0 Å². The molecule has 0 heterocycles. The highest BCUT2D eigenvalue weighted by atomic mass is 14.1. The van der Waals surface area contributed by atoms with Crippen molar-refractivity contribution >= 4 is 0 Å². The lowest BCUT2D eigenvalue weighted by atomic mass is 9.95. The van der Waals surface area contributed by atoms with E-state index in [4.69, 9.17) is 0 Å². The highest BCUT2D eigenvalue weighted by Gasteiger charge is 2.03. The topological polar surface area (TPSA) is 0 Å². The van der Waals surface area contributed by atoms with Crippen LogP contribution in [-0.2, 0) is 6.42 Å². The summed E-state index contributed by atoms with van der Waals surface area (Å²) in [7, 11) is 0. The SMILES string of the molecule is CC=CCc1ccccc1C(C)C. The van der Waals surface area contributed by atoms with Gasteiger partial charge in [0.25, 0.3) is 0 Å². The number of rotatable bonds is 3. The molecule has 0 heteroatoms. The molecule has 0 bridgehead atoms. The monoisotopic (exact) mass is 174 g/mol. The molecule has 0 saturated heterocycles. The van der Waals surface area contributed by atoms with Crippen molar-refractivity contribution in [1.29, 1.82) is 0 Å². The Morgan fingerprint density at radius 2 is 1.92 bits per heavy atom. The molecular weight excluding hydrogens is 156 g/mol. The van der Waals surface area contributed by atoms with Gasteiger partial charge in [-0.2, -0.15) is 0 Å². The zero-order chi connectivity index (χ0) is 9.68. The molecule has 0 radical (unpaired) electrons. The molecule has 0 spiro atoms. The summed E-state index contributed by atoms with van der Waals surface area (Å²) in [4.78, 5) is 0. The van der Waals surface area contributed by atoms with Crippen LogP contribution >= 0.6 is 0 Å². The van der Waals surface area contributed by atoms with Crippen LogP contribution in [0.25, 0.3) is 0 Å². The Bertz CT molecular complexity index is 282. The van der Waals surface area contributed by atoms with Crippen LogP contribution in [0.2, 0.25) is 0 Å². The number of benzene rings is 1. The van der Waals surface area contributed by atoms with Gasteiger partial charge in [-0.3, -0.25) is 0 Å². The summed E-state index contributed by atoms with van der Waals surface area (Å²) in [5.41, 5.74) is 2.93. The smallest absolute Gasteiger partial charge is 0.00947 e. The van der Waals surface area contributed by atoms with Crippen molar-refractivity contribution in [1.82, 2.24) is 0 Å². The van der Waals surface area contributed by atoms with Crippen molar-refractivity contribution < 1.29 is 0 Å². The van der Waals surface area contributed by atoms with Gasteiger partial charge >= 0.3 is 0 Å². The lowest BCUT2D eigenvalue weighted by molar-refractivity contribution is 0.850. The summed E-state index contributed by atoms with van der Waals surface area (Å²) in [5.74, 6) is 0.626. The van der Waals surface area contributed by atoms with E-state index in [1.165, 1.54) is 11.1 Å². The molecule has 0 aliphatic carbocycles. The second-order valence-electron chi connectivity index (χ2n) is 3.63. The summed E-state index contributed by atoms with van der Waals surface area (Å²) < 4.78 is 0. The second kappa shape index (κ2) is 4.86. The van der Waals surface area contributed by atoms with E-state index in [0.29, 0.717) is 5.92 Å². The molecule has 0 unspecified atom stereocenters. The van der Waals surface area contributed by atoms with Gasteiger partial charge in [0.05, 0.1) is 0 Å². The first kappa shape index (κ1) is 10.0. The Morgan fingerprint density at radius 3 is 2.54 bits per heavy atom. The largest absolute Gasteiger partial charge is 0.0913 e. The molecule has 0 aliphatic heterocycles. The third kappa shape index (κ3) is 2.73. The molecule has 0 nitrogen and oxygen atoms in total. The maximum absolute atomic E-state index is 2.24. The molecular formula is C13H18. The van der Waals surface area contributed by atoms with Gasteiger partial charge in [-0.15, -0.1) is 0 Å². The molecule has 1 aromatic carbocycles. The normalized spacial score (nSPS) is 11.4. The zero-order valence-corrected chi connectivity index (χ0v) is 8.75. The van der Waals surface area contributed by atoms with Crippen molar-refractivity contribution in [2.24, 2.45) is 0 Å². The van der Waals surface area contributed by atoms with Crippen LogP contribution in [0.4, 0.5) is 0 Å². The first-order valence-corrected chi connectivity index (χ1v) is 4.94. The Kier molecular flexibility index (Phi) is 3.75. The molecule has 70 valence electrons. The predicted octanol–water partition coefficient (Wildman–Crippen LogP) is 3.93. The molecule has 0 fully saturated rings. The van der Waals surface area contributed by atoms with Gasteiger partial charge in [0.15, 0.2) is 0 Å². The molecule has 0 N–H and O–H groups in total. The average molecular weight is 174 g/mol. The number of hydrogen-bond acceptors (Lipinski definition) is 0. The highest BCUT2D eigenvalue weighted by Crippen LogP contribution is 2.19. The van der Waals surface area contributed by atoms with Gasteiger partial charge in [0.1, 0.15) is 0 Å². The van der Waals surface area contributed by atoms with Gasteiger partial charge < -0.3 is 0 Å². The minimum atomic E-state index is 0.626. The molecule has 0 saturated carbocycles. The van der Waals surface area contributed by atoms with Crippen LogP contribution in [0.1, 0.15) is 37.8 Å². The van der Waals surface area contributed by atoms with Gasteiger partial charge in [0.2, 0.25) is 0 Å². The van der Waals surface area contributed by atoms with Crippen LogP contribution in [0.5, 0.6) is 0 Å². The summed E-state index contributed by atoms with van der Waals surface area (Å²) in [6.07, 6.45) is 5.38. The summed E-state index contributed by atoms with van der Waals surface area (Å²) in [5, 5.41) is 0. The lowest BCUT2D eigenvalue weighted by Gasteiger charge is -2.10. The molecule has 1 aromatic rings. The number of hydrogen-bond donors (Lipinski definition) is 0. The summed E-state index contributed by atoms with van der Waals surface area (Å²) in [6, 6.07) is 8.68. The molecule has 13 heavy (non-hydrogen) atoms. The van der Waals surface area contributed by atoms with Crippen LogP contribution in [0.3, 0.4) is 0 Å². The second-order valence-corrected chi connectivity index (χ2v) is 3.63. The van der Waals surface area contributed by atoms with E-state index >= 15 is 0 Å². The first-order valence-electron chi connectivity index (χ1n) is 4.94. The quantitative estimate of drug-likeness (QED) is 0.609. The van der Waals surface area contributed by atoms with Crippen molar-refractivity contribution in [2.45, 2.75) is 33.1 Å². The molecule has 0 amide bonds. The first-order chi connectivity index (χ1) is 6.25. The Hall–Kier alpha value is -1.04. The maximum atomic E-state index is 2.24. The standard InChI is InChI=1S/C13H18/c1-4-5-8-12-9-6-7-10-13(12)11(2)3/h4-7,9-11H,8H2,1-3H3. The van der Waals surface area contributed by atoms with E-state index in [-0.39, 0.29) is 0 Å². The minimum Gasteiger partial charge on any atom is -0.0913 e. The highest BCUT2D eigenvalue weighted by molar-refractivity contribution is 5.31. The fourth-order valence-electron chi connectivity index (χ4n) is 1.53. The maximum Gasteiger partial charge on any atom is -0.00947 e. The molecule has 0 aromatic heterocycles. The van der Waals surface area contributed by atoms with E-state index in [1.54, 1.807) is 0 Å². The summed E-state index contributed by atoms with van der Waals surface area (Å²) >= 11 is 0. The molecule has 0 atom stereocenters. The molecule has 1 rings (SSSR count). The van der Waals surface area contributed by atoms with Crippen molar-refractivity contribution in [2.75, 3.05) is 0 Å². The Morgan fingerprint density at radius 1 is 1.23 bits per heavy atom. The van der Waals surface area contributed by atoms with Gasteiger partial charge in [-0.25, -0.2) is 0 Å². The van der Waals surface area contributed by atoms with E-state index < -0.39 is 0 Å². The van der Waals surface area contributed by atoms with Crippen molar-refractivity contribution in [3.63, 3.8) is 0 Å². The van der Waals surface area contributed by atoms with Crippen LogP contribution in [0, 0.1) is 0 Å². The Labute approximate surface area is 81.3 Å².